The Hall–Kier alpha value is -3.43. The number of benzene rings is 3. The summed E-state index contributed by atoms with van der Waals surface area (Å²) >= 11 is 18.1. The summed E-state index contributed by atoms with van der Waals surface area (Å²) in [6.07, 6.45) is 3.68. The van der Waals surface area contributed by atoms with E-state index in [1.165, 1.54) is 13.2 Å². The Labute approximate surface area is 219 Å². The van der Waals surface area contributed by atoms with Crippen LogP contribution in [0.5, 0.6) is 11.5 Å². The molecule has 0 radical (unpaired) electrons. The number of carbonyl (C=O) groups excluding carboxylic acids is 1. The zero-order valence-corrected chi connectivity index (χ0v) is 21.0. The molecule has 0 aliphatic carbocycles. The van der Waals surface area contributed by atoms with Crippen molar-refractivity contribution in [2.24, 2.45) is 0 Å². The van der Waals surface area contributed by atoms with Gasteiger partial charge in [0.15, 0.2) is 11.5 Å². The monoisotopic (exact) mass is 526 g/mol. The van der Waals surface area contributed by atoms with Gasteiger partial charge in [-0.1, -0.05) is 46.9 Å². The Morgan fingerprint density at radius 3 is 2.40 bits per heavy atom. The summed E-state index contributed by atoms with van der Waals surface area (Å²) in [4.78, 5) is 12.7. The topological polar surface area (TPSA) is 71.4 Å². The van der Waals surface area contributed by atoms with Crippen molar-refractivity contribution in [2.75, 3.05) is 12.4 Å². The van der Waals surface area contributed by atoms with Gasteiger partial charge in [-0.05, 0) is 66.6 Å². The van der Waals surface area contributed by atoms with Crippen molar-refractivity contribution in [1.82, 2.24) is 0 Å². The third-order valence-corrected chi connectivity index (χ3v) is 5.74. The lowest BCUT2D eigenvalue weighted by Crippen LogP contribution is -2.13. The predicted octanol–water partition coefficient (Wildman–Crippen LogP) is 7.51. The van der Waals surface area contributed by atoms with Gasteiger partial charge >= 0.3 is 0 Å². The van der Waals surface area contributed by atoms with E-state index >= 15 is 0 Å². The Kier molecular flexibility index (Phi) is 9.22. The predicted molar refractivity (Wildman–Crippen MR) is 141 cm³/mol. The molecular formula is C27H21Cl3N2O3. The number of anilines is 1. The minimum absolute atomic E-state index is 0.0758. The van der Waals surface area contributed by atoms with E-state index in [1.54, 1.807) is 54.6 Å². The largest absolute Gasteiger partial charge is 0.493 e. The fraction of sp³-hybridized carbons (Fsp3) is 0.111. The third kappa shape index (κ3) is 7.03. The molecule has 3 rings (SSSR count). The number of methoxy groups -OCH3 is 1. The number of rotatable bonds is 9. The first-order chi connectivity index (χ1) is 16.8. The number of nitrogens with zero attached hydrogens (tertiary/aromatic N) is 1. The summed E-state index contributed by atoms with van der Waals surface area (Å²) in [7, 11) is 1.51. The second kappa shape index (κ2) is 12.3. The number of amides is 1. The molecule has 0 bridgehead atoms. The number of ether oxygens (including phenoxy) is 2. The molecule has 1 amide bonds. The van der Waals surface area contributed by atoms with Gasteiger partial charge in [0.2, 0.25) is 0 Å². The van der Waals surface area contributed by atoms with Crippen molar-refractivity contribution >= 4 is 52.5 Å². The molecule has 35 heavy (non-hydrogen) atoms. The van der Waals surface area contributed by atoms with Gasteiger partial charge in [-0.2, -0.15) is 5.26 Å². The van der Waals surface area contributed by atoms with Crippen molar-refractivity contribution in [2.45, 2.75) is 13.0 Å². The Balaban J connectivity index is 1.90. The average molecular weight is 528 g/mol. The number of nitrogens with one attached hydrogen (secondary N) is 1. The fourth-order valence-corrected chi connectivity index (χ4v) is 3.81. The maximum atomic E-state index is 12.7. The molecule has 0 spiro atoms. The second-order valence-corrected chi connectivity index (χ2v) is 8.64. The van der Waals surface area contributed by atoms with Crippen LogP contribution in [0.2, 0.25) is 15.1 Å². The van der Waals surface area contributed by atoms with Crippen LogP contribution in [-0.4, -0.2) is 13.0 Å². The van der Waals surface area contributed by atoms with Crippen LogP contribution >= 0.6 is 34.8 Å². The first-order valence-corrected chi connectivity index (χ1v) is 11.5. The highest BCUT2D eigenvalue weighted by atomic mass is 35.5. The van der Waals surface area contributed by atoms with Crippen LogP contribution in [0.25, 0.3) is 6.08 Å². The van der Waals surface area contributed by atoms with Gasteiger partial charge in [0, 0.05) is 31.9 Å². The molecule has 178 valence electrons. The van der Waals surface area contributed by atoms with Gasteiger partial charge in [-0.15, -0.1) is 6.58 Å². The molecule has 0 aliphatic heterocycles. The SMILES string of the molecule is C=CCc1cc(/C=C(\C#N)C(=O)Nc2ccc(Cl)cc2)cc(OC)c1OCc1ccc(Cl)cc1Cl. The third-order valence-electron chi connectivity index (χ3n) is 4.90. The Morgan fingerprint density at radius 1 is 1.06 bits per heavy atom. The molecule has 0 fully saturated rings. The van der Waals surface area contributed by atoms with Crippen molar-refractivity contribution < 1.29 is 14.3 Å². The molecule has 3 aromatic rings. The molecule has 0 aliphatic rings. The summed E-state index contributed by atoms with van der Waals surface area (Å²) < 4.78 is 11.6. The summed E-state index contributed by atoms with van der Waals surface area (Å²) in [6.45, 7) is 4.00. The molecular weight excluding hydrogens is 507 g/mol. The van der Waals surface area contributed by atoms with Gasteiger partial charge in [0.05, 0.1) is 7.11 Å². The van der Waals surface area contributed by atoms with E-state index in [-0.39, 0.29) is 12.2 Å². The van der Waals surface area contributed by atoms with Gasteiger partial charge in [0.1, 0.15) is 18.2 Å². The van der Waals surface area contributed by atoms with Gasteiger partial charge in [-0.25, -0.2) is 0 Å². The minimum Gasteiger partial charge on any atom is -0.493 e. The van der Waals surface area contributed by atoms with E-state index in [2.05, 4.69) is 11.9 Å². The highest BCUT2D eigenvalue weighted by Crippen LogP contribution is 2.35. The van der Waals surface area contributed by atoms with Gasteiger partial charge in [0.25, 0.3) is 5.91 Å². The van der Waals surface area contributed by atoms with Gasteiger partial charge in [-0.3, -0.25) is 4.79 Å². The van der Waals surface area contributed by atoms with Crippen LogP contribution < -0.4 is 14.8 Å². The number of hydrogen-bond acceptors (Lipinski definition) is 4. The van der Waals surface area contributed by atoms with Crippen LogP contribution in [0.4, 0.5) is 5.69 Å². The second-order valence-electron chi connectivity index (χ2n) is 7.36. The van der Waals surface area contributed by atoms with Crippen LogP contribution in [0.1, 0.15) is 16.7 Å². The lowest BCUT2D eigenvalue weighted by atomic mass is 10.0. The van der Waals surface area contributed by atoms with Crippen LogP contribution in [-0.2, 0) is 17.8 Å². The molecule has 1 N–H and O–H groups in total. The molecule has 0 aromatic heterocycles. The maximum absolute atomic E-state index is 12.7. The molecule has 0 saturated heterocycles. The summed E-state index contributed by atoms with van der Waals surface area (Å²) in [5.74, 6) is 0.410. The number of halogens is 3. The highest BCUT2D eigenvalue weighted by molar-refractivity contribution is 6.35. The molecule has 5 nitrogen and oxygen atoms in total. The maximum Gasteiger partial charge on any atom is 0.266 e. The van der Waals surface area contributed by atoms with E-state index in [4.69, 9.17) is 44.3 Å². The van der Waals surface area contributed by atoms with Crippen molar-refractivity contribution in [3.8, 4) is 17.6 Å². The zero-order valence-electron chi connectivity index (χ0n) is 18.8. The fourth-order valence-electron chi connectivity index (χ4n) is 3.23. The normalized spacial score (nSPS) is 10.9. The average Bonchev–Trinajstić information content (AvgIpc) is 2.84. The molecule has 0 heterocycles. The van der Waals surface area contributed by atoms with Crippen molar-refractivity contribution in [3.05, 3.63) is 105 Å². The van der Waals surface area contributed by atoms with Crippen LogP contribution in [0.15, 0.2) is 72.8 Å². The molecule has 3 aromatic carbocycles. The Bertz CT molecular complexity index is 1310. The van der Waals surface area contributed by atoms with E-state index in [0.29, 0.717) is 44.2 Å². The number of nitriles is 1. The summed E-state index contributed by atoms with van der Waals surface area (Å²) in [6, 6.07) is 17.2. The van der Waals surface area contributed by atoms with Gasteiger partial charge < -0.3 is 14.8 Å². The first-order valence-electron chi connectivity index (χ1n) is 10.4. The van der Waals surface area contributed by atoms with Crippen molar-refractivity contribution in [3.63, 3.8) is 0 Å². The lowest BCUT2D eigenvalue weighted by molar-refractivity contribution is -0.112. The van der Waals surface area contributed by atoms with E-state index in [1.807, 2.05) is 12.1 Å². The molecule has 8 heteroatoms. The van der Waals surface area contributed by atoms with Crippen LogP contribution in [0, 0.1) is 11.3 Å². The summed E-state index contributed by atoms with van der Waals surface area (Å²) in [5, 5.41) is 13.9. The first kappa shape index (κ1) is 26.2. The highest BCUT2D eigenvalue weighted by Gasteiger charge is 2.16. The summed E-state index contributed by atoms with van der Waals surface area (Å²) in [5.41, 5.74) is 2.57. The zero-order chi connectivity index (χ0) is 25.4. The minimum atomic E-state index is -0.545. The van der Waals surface area contributed by atoms with Crippen molar-refractivity contribution in [1.29, 1.82) is 5.26 Å². The van der Waals surface area contributed by atoms with E-state index in [9.17, 15) is 10.1 Å². The van der Waals surface area contributed by atoms with Crippen LogP contribution in [0.3, 0.4) is 0 Å². The molecule has 0 atom stereocenters. The standard InChI is InChI=1S/C27H21Cl3N2O3/c1-3-4-18-11-17(12-20(15-31)27(33)32-23-9-7-21(28)8-10-23)13-25(34-2)26(18)35-16-19-5-6-22(29)14-24(19)30/h3,5-14H,1,4,16H2,2H3,(H,32,33)/b20-12+. The molecule has 0 saturated carbocycles. The number of carbonyl (C=O) groups is 1. The smallest absolute Gasteiger partial charge is 0.266 e. The van der Waals surface area contributed by atoms with E-state index < -0.39 is 5.91 Å². The number of allylic oxidation sites excluding steroid dienone is 1. The quantitative estimate of drug-likeness (QED) is 0.178. The number of hydrogen-bond donors (Lipinski definition) is 1. The Morgan fingerprint density at radius 2 is 1.77 bits per heavy atom. The lowest BCUT2D eigenvalue weighted by Gasteiger charge is -2.16. The van der Waals surface area contributed by atoms with E-state index in [0.717, 1.165) is 11.1 Å². The molecule has 0 unspecified atom stereocenters.